The van der Waals surface area contributed by atoms with Crippen molar-refractivity contribution >= 4 is 0 Å². The van der Waals surface area contributed by atoms with E-state index in [1.54, 1.807) is 14.2 Å². The molecule has 0 unspecified atom stereocenters. The van der Waals surface area contributed by atoms with Crippen LogP contribution in [0.3, 0.4) is 0 Å². The minimum Gasteiger partial charge on any atom is -0.396 e. The van der Waals surface area contributed by atoms with E-state index >= 15 is 0 Å². The van der Waals surface area contributed by atoms with Crippen molar-refractivity contribution in [1.82, 2.24) is 0 Å². The van der Waals surface area contributed by atoms with Gasteiger partial charge in [0, 0.05) is 33.4 Å². The molecule has 2 atom stereocenters. The Balaban J connectivity index is 0. The van der Waals surface area contributed by atoms with Crippen LogP contribution in [0.2, 0.25) is 0 Å². The Bertz CT molecular complexity index is 89.4. The molecule has 0 aliphatic carbocycles. The highest BCUT2D eigenvalue weighted by Gasteiger charge is 1.94. The number of aliphatic hydroxyl groups excluding tert-OH is 1. The van der Waals surface area contributed by atoms with Gasteiger partial charge in [0.2, 0.25) is 0 Å². The summed E-state index contributed by atoms with van der Waals surface area (Å²) in [5, 5.41) is 8.39. The van der Waals surface area contributed by atoms with Crippen molar-refractivity contribution < 1.29 is 14.6 Å². The van der Waals surface area contributed by atoms with Crippen molar-refractivity contribution in [2.75, 3.05) is 40.6 Å². The predicted molar refractivity (Wildman–Crippen MR) is 58.2 cm³/mol. The van der Waals surface area contributed by atoms with E-state index < -0.39 is 0 Å². The summed E-state index contributed by atoms with van der Waals surface area (Å²) in [6.45, 7) is 6.35. The second-order valence-electron chi connectivity index (χ2n) is 3.54. The fourth-order valence-corrected chi connectivity index (χ4v) is 0.690. The summed E-state index contributed by atoms with van der Waals surface area (Å²) in [6, 6.07) is 0. The quantitative estimate of drug-likeness (QED) is 0.665. The Morgan fingerprint density at radius 3 is 1.64 bits per heavy atom. The Morgan fingerprint density at radius 2 is 1.50 bits per heavy atom. The number of rotatable bonds is 6. The lowest BCUT2D eigenvalue weighted by Crippen LogP contribution is -2.15. The van der Waals surface area contributed by atoms with E-state index in [0.717, 1.165) is 6.61 Å². The summed E-state index contributed by atoms with van der Waals surface area (Å²) in [5.74, 6) is 0.787. The Morgan fingerprint density at radius 1 is 1.07 bits per heavy atom. The average molecular weight is 207 g/mol. The van der Waals surface area contributed by atoms with Crippen LogP contribution in [0.1, 0.15) is 13.8 Å². The summed E-state index contributed by atoms with van der Waals surface area (Å²) >= 11 is 0. The molecule has 0 saturated carbocycles. The van der Waals surface area contributed by atoms with Gasteiger partial charge >= 0.3 is 0 Å². The van der Waals surface area contributed by atoms with Crippen LogP contribution in [-0.4, -0.2) is 45.7 Å². The fraction of sp³-hybridized carbons (Fsp3) is 1.00. The van der Waals surface area contributed by atoms with Crippen molar-refractivity contribution in [3.8, 4) is 0 Å². The molecule has 0 aromatic heterocycles. The summed E-state index contributed by atoms with van der Waals surface area (Å²) in [5.41, 5.74) is 5.28. The molecule has 0 spiro atoms. The van der Waals surface area contributed by atoms with Crippen molar-refractivity contribution in [3.63, 3.8) is 0 Å². The van der Waals surface area contributed by atoms with Gasteiger partial charge in [-0.2, -0.15) is 0 Å². The smallest absolute Gasteiger partial charge is 0.0509 e. The molecule has 0 bridgehead atoms. The molecule has 14 heavy (non-hydrogen) atoms. The molecule has 0 radical (unpaired) electrons. The second kappa shape index (κ2) is 12.8. The van der Waals surface area contributed by atoms with Crippen molar-refractivity contribution in [1.29, 1.82) is 0 Å². The van der Waals surface area contributed by atoms with Crippen LogP contribution in [-0.2, 0) is 9.47 Å². The van der Waals surface area contributed by atoms with Crippen LogP contribution >= 0.6 is 0 Å². The topological polar surface area (TPSA) is 64.7 Å². The third-order valence-corrected chi connectivity index (χ3v) is 1.62. The van der Waals surface area contributed by atoms with Gasteiger partial charge in [0.1, 0.15) is 0 Å². The number of aliphatic hydroxyl groups is 1. The second-order valence-corrected chi connectivity index (χ2v) is 3.54. The van der Waals surface area contributed by atoms with E-state index in [2.05, 4.69) is 6.92 Å². The molecule has 0 aliphatic heterocycles. The number of ether oxygens (including phenoxy) is 2. The number of nitrogens with two attached hydrogens (primary N) is 1. The Hall–Kier alpha value is -0.160. The number of hydrogen-bond donors (Lipinski definition) is 2. The number of methoxy groups -OCH3 is 2. The molecule has 0 heterocycles. The van der Waals surface area contributed by atoms with Gasteiger partial charge in [0.15, 0.2) is 0 Å². The van der Waals surface area contributed by atoms with Crippen molar-refractivity contribution in [2.24, 2.45) is 17.6 Å². The van der Waals surface area contributed by atoms with Gasteiger partial charge < -0.3 is 20.3 Å². The maximum atomic E-state index is 8.39. The zero-order chi connectivity index (χ0) is 11.4. The van der Waals surface area contributed by atoms with Crippen LogP contribution in [0.5, 0.6) is 0 Å². The maximum absolute atomic E-state index is 8.39. The van der Waals surface area contributed by atoms with Crippen LogP contribution < -0.4 is 5.73 Å². The molecule has 3 N–H and O–H groups in total. The maximum Gasteiger partial charge on any atom is 0.0509 e. The first kappa shape index (κ1) is 16.3. The summed E-state index contributed by atoms with van der Waals surface area (Å²) in [7, 11) is 3.32. The summed E-state index contributed by atoms with van der Waals surface area (Å²) in [4.78, 5) is 0. The van der Waals surface area contributed by atoms with Crippen LogP contribution in [0, 0.1) is 11.8 Å². The lowest BCUT2D eigenvalue weighted by Gasteiger charge is -2.03. The molecular weight excluding hydrogens is 182 g/mol. The molecule has 0 fully saturated rings. The monoisotopic (exact) mass is 207 g/mol. The first-order valence-corrected chi connectivity index (χ1v) is 4.91. The van der Waals surface area contributed by atoms with Crippen LogP contribution in [0.25, 0.3) is 0 Å². The molecule has 0 saturated heterocycles. The van der Waals surface area contributed by atoms with Gasteiger partial charge in [-0.3, -0.25) is 0 Å². The highest BCUT2D eigenvalue weighted by atomic mass is 16.5. The molecule has 88 valence electrons. The fourth-order valence-electron chi connectivity index (χ4n) is 0.690. The molecular formula is C10H25NO3. The predicted octanol–water partition coefficient (Wildman–Crippen LogP) is 0.489. The van der Waals surface area contributed by atoms with E-state index in [-0.39, 0.29) is 12.5 Å². The van der Waals surface area contributed by atoms with Gasteiger partial charge in [-0.1, -0.05) is 13.8 Å². The van der Waals surface area contributed by atoms with Crippen molar-refractivity contribution in [3.05, 3.63) is 0 Å². The highest BCUT2D eigenvalue weighted by molar-refractivity contribution is 4.47. The van der Waals surface area contributed by atoms with E-state index in [1.165, 1.54) is 0 Å². The van der Waals surface area contributed by atoms with Gasteiger partial charge in [-0.05, 0) is 12.5 Å². The first-order valence-electron chi connectivity index (χ1n) is 4.91. The highest BCUT2D eigenvalue weighted by Crippen LogP contribution is 1.89. The molecule has 4 nitrogen and oxygen atoms in total. The van der Waals surface area contributed by atoms with E-state index in [1.807, 2.05) is 6.92 Å². The Kier molecular flexibility index (Phi) is 14.9. The zero-order valence-electron chi connectivity index (χ0n) is 9.82. The molecule has 4 heteroatoms. The molecule has 0 rings (SSSR count). The molecule has 0 amide bonds. The van der Waals surface area contributed by atoms with Gasteiger partial charge in [0.25, 0.3) is 0 Å². The summed E-state index contributed by atoms with van der Waals surface area (Å²) in [6.07, 6.45) is 0. The minimum atomic E-state index is 0.216. The van der Waals surface area contributed by atoms with Crippen LogP contribution in [0.4, 0.5) is 0 Å². The minimum absolute atomic E-state index is 0.216. The van der Waals surface area contributed by atoms with E-state index in [0.29, 0.717) is 19.1 Å². The van der Waals surface area contributed by atoms with Gasteiger partial charge in [-0.15, -0.1) is 0 Å². The summed E-state index contributed by atoms with van der Waals surface area (Å²) < 4.78 is 9.55. The third-order valence-electron chi connectivity index (χ3n) is 1.62. The zero-order valence-corrected chi connectivity index (χ0v) is 9.82. The van der Waals surface area contributed by atoms with Gasteiger partial charge in [-0.25, -0.2) is 0 Å². The average Bonchev–Trinajstić information content (AvgIpc) is 2.19. The Labute approximate surface area is 87.4 Å². The third kappa shape index (κ3) is 14.4. The molecule has 0 aromatic carbocycles. The van der Waals surface area contributed by atoms with Crippen LogP contribution in [0.15, 0.2) is 0 Å². The largest absolute Gasteiger partial charge is 0.396 e. The lowest BCUT2D eigenvalue weighted by molar-refractivity contribution is 0.119. The van der Waals surface area contributed by atoms with Gasteiger partial charge in [0.05, 0.1) is 6.61 Å². The first-order chi connectivity index (χ1) is 6.62. The van der Waals surface area contributed by atoms with Crippen molar-refractivity contribution in [2.45, 2.75) is 13.8 Å². The normalized spacial score (nSPS) is 14.1. The van der Waals surface area contributed by atoms with E-state index in [4.69, 9.17) is 20.3 Å². The standard InChI is InChI=1S/C5H13NO.C5H12O2/c2*1-5(3-6)4-7-2/h5H,3-4,6H2,1-2H3;5-6H,3-4H2,1-2H3/t2*5-/m00/s1. The SMILES string of the molecule is COC[C@@H](C)CN.COC[C@@H](C)CO. The van der Waals surface area contributed by atoms with E-state index in [9.17, 15) is 0 Å². The lowest BCUT2D eigenvalue weighted by atomic mass is 10.2. The molecule has 0 aromatic rings. The molecule has 0 aliphatic rings. The number of hydrogen-bond acceptors (Lipinski definition) is 4.